The van der Waals surface area contributed by atoms with E-state index in [2.05, 4.69) is 50.0 Å². The molecule has 0 spiro atoms. The normalized spacial score (nSPS) is 10.0. The number of hydrogen-bond acceptors (Lipinski definition) is 4. The maximum absolute atomic E-state index is 9.48. The molecule has 146 valence electrons. The molecule has 4 nitrogen and oxygen atoms in total. The largest absolute Gasteiger partial charge is 1.00 e. The van der Waals surface area contributed by atoms with Gasteiger partial charge in [-0.25, -0.2) is 0 Å². The van der Waals surface area contributed by atoms with Gasteiger partial charge < -0.3 is 21.9 Å². The number of unbranched alkanes of at least 4 members (excludes halogenated alkanes) is 2. The van der Waals surface area contributed by atoms with Crippen LogP contribution in [0.1, 0.15) is 45.1 Å². The molecule has 0 aromatic heterocycles. The highest BCUT2D eigenvalue weighted by Crippen LogP contribution is 2.44. The van der Waals surface area contributed by atoms with Crippen molar-refractivity contribution in [2.24, 2.45) is 0 Å². The van der Waals surface area contributed by atoms with Gasteiger partial charge in [-0.1, -0.05) is 56.1 Å². The number of benzene rings is 2. The lowest BCUT2D eigenvalue weighted by atomic mass is 10.2. The minimum Gasteiger partial charge on any atom is -1.00 e. The van der Waals surface area contributed by atoms with Crippen LogP contribution in [0.4, 0.5) is 5.69 Å². The van der Waals surface area contributed by atoms with Gasteiger partial charge in [0, 0.05) is 4.90 Å². The third kappa shape index (κ3) is 7.32. The third-order valence-electron chi connectivity index (χ3n) is 3.88. The van der Waals surface area contributed by atoms with Crippen molar-refractivity contribution in [3.8, 4) is 11.5 Å². The number of hydrogen-bond donors (Lipinski definition) is 0. The highest BCUT2D eigenvalue weighted by atomic mass is 35.5. The van der Waals surface area contributed by atoms with Crippen LogP contribution in [0.3, 0.4) is 0 Å². The Kier molecular flexibility index (Phi) is 10.7. The molecule has 0 radical (unpaired) electrons. The van der Waals surface area contributed by atoms with Crippen molar-refractivity contribution in [1.29, 1.82) is 5.39 Å². The van der Waals surface area contributed by atoms with Crippen molar-refractivity contribution in [2.75, 3.05) is 13.2 Å². The van der Waals surface area contributed by atoms with E-state index < -0.39 is 0 Å². The summed E-state index contributed by atoms with van der Waals surface area (Å²) in [6.07, 6.45) is 4.06. The Labute approximate surface area is 172 Å². The average Bonchev–Trinajstić information content (AvgIpc) is 2.65. The van der Waals surface area contributed by atoms with E-state index in [0.29, 0.717) is 30.4 Å². The van der Waals surface area contributed by atoms with Crippen LogP contribution in [0.15, 0.2) is 46.2 Å². The minimum absolute atomic E-state index is 0. The van der Waals surface area contributed by atoms with E-state index in [9.17, 15) is 5.39 Å². The Bertz CT molecular complexity index is 745. The lowest BCUT2D eigenvalue weighted by molar-refractivity contribution is -0.00000666. The highest BCUT2D eigenvalue weighted by Gasteiger charge is 2.23. The van der Waals surface area contributed by atoms with Gasteiger partial charge in [-0.15, -0.1) is 0 Å². The highest BCUT2D eigenvalue weighted by molar-refractivity contribution is 7.99. The first-order valence-electron chi connectivity index (χ1n) is 9.21. The number of halogens is 1. The fourth-order valence-corrected chi connectivity index (χ4v) is 3.29. The van der Waals surface area contributed by atoms with E-state index in [0.717, 1.165) is 35.5 Å². The minimum atomic E-state index is 0. The van der Waals surface area contributed by atoms with Gasteiger partial charge in [-0.2, -0.15) is 0 Å². The molecule has 0 aliphatic carbocycles. The number of aryl methyl sites for hydroxylation is 1. The Morgan fingerprint density at radius 3 is 2.19 bits per heavy atom. The summed E-state index contributed by atoms with van der Waals surface area (Å²) in [6, 6.07) is 12.0. The molecule has 6 heteroatoms. The average molecular weight is 407 g/mol. The second kappa shape index (κ2) is 12.5. The summed E-state index contributed by atoms with van der Waals surface area (Å²) in [4.78, 5) is 5.43. The maximum Gasteiger partial charge on any atom is 0.431 e. The molecule has 27 heavy (non-hydrogen) atoms. The van der Waals surface area contributed by atoms with Crippen molar-refractivity contribution in [1.82, 2.24) is 0 Å². The van der Waals surface area contributed by atoms with Crippen molar-refractivity contribution < 1.29 is 21.9 Å². The zero-order valence-electron chi connectivity index (χ0n) is 16.2. The zero-order chi connectivity index (χ0) is 18.8. The Hall–Kier alpha value is -1.90. The first-order valence-corrected chi connectivity index (χ1v) is 10.0. The van der Waals surface area contributed by atoms with Crippen LogP contribution in [0.25, 0.3) is 4.98 Å². The van der Waals surface area contributed by atoms with Crippen molar-refractivity contribution >= 4 is 17.4 Å². The number of rotatable bonds is 10. The quantitative estimate of drug-likeness (QED) is 0.442. The van der Waals surface area contributed by atoms with Gasteiger partial charge in [-0.3, -0.25) is 0 Å². The summed E-state index contributed by atoms with van der Waals surface area (Å²) in [5, 5.41) is 9.48. The molecule has 0 aliphatic heterocycles. The molecule has 0 aliphatic rings. The summed E-state index contributed by atoms with van der Waals surface area (Å²) in [7, 11) is 0. The van der Waals surface area contributed by atoms with E-state index >= 15 is 0 Å². The van der Waals surface area contributed by atoms with Gasteiger partial charge in [0.1, 0.15) is 5.75 Å². The smallest absolute Gasteiger partial charge is 0.431 e. The Morgan fingerprint density at radius 1 is 0.963 bits per heavy atom. The van der Waals surface area contributed by atoms with Crippen LogP contribution in [-0.2, 0) is 0 Å². The van der Waals surface area contributed by atoms with Crippen LogP contribution >= 0.6 is 11.8 Å². The molecule has 0 unspecified atom stereocenters. The van der Waals surface area contributed by atoms with Gasteiger partial charge in [0.05, 0.1) is 24.2 Å². The molecule has 0 saturated heterocycles. The molecule has 0 fully saturated rings. The fraction of sp³-hybridized carbons (Fsp3) is 0.429. The lowest BCUT2D eigenvalue weighted by Crippen LogP contribution is -3.00. The summed E-state index contributed by atoms with van der Waals surface area (Å²) >= 11 is 1.59. The van der Waals surface area contributed by atoms with Crippen molar-refractivity contribution in [2.45, 2.75) is 56.2 Å². The van der Waals surface area contributed by atoms with Crippen LogP contribution in [0.2, 0.25) is 0 Å². The molecule has 0 amide bonds. The van der Waals surface area contributed by atoms with Crippen LogP contribution in [0.5, 0.6) is 11.5 Å². The van der Waals surface area contributed by atoms with E-state index in [1.807, 2.05) is 6.07 Å². The topological polar surface area (TPSA) is 46.6 Å². The molecular weight excluding hydrogens is 380 g/mol. The summed E-state index contributed by atoms with van der Waals surface area (Å²) < 4.78 is 11.8. The van der Waals surface area contributed by atoms with Crippen LogP contribution < -0.4 is 21.9 Å². The molecule has 0 heterocycles. The molecule has 2 aromatic carbocycles. The van der Waals surface area contributed by atoms with E-state index in [4.69, 9.17) is 9.47 Å². The van der Waals surface area contributed by atoms with E-state index in [1.54, 1.807) is 17.8 Å². The number of diazo groups is 1. The summed E-state index contributed by atoms with van der Waals surface area (Å²) in [6.45, 7) is 7.55. The summed E-state index contributed by atoms with van der Waals surface area (Å²) in [5.41, 5.74) is 1.63. The summed E-state index contributed by atoms with van der Waals surface area (Å²) in [5.74, 6) is 1.30. The molecule has 2 aromatic rings. The molecule has 0 saturated carbocycles. The van der Waals surface area contributed by atoms with Crippen molar-refractivity contribution in [3.63, 3.8) is 0 Å². The third-order valence-corrected chi connectivity index (χ3v) is 4.91. The molecule has 0 atom stereocenters. The molecule has 0 N–H and O–H groups in total. The number of ether oxygens (including phenoxy) is 2. The SMILES string of the molecule is CCCCOc1cc([N+]#N)c(OCCCC)c(Sc2ccc(C)cc2)c1.[Cl-]. The standard InChI is InChI=1S/C21H27N2O2S.ClH/c1-4-6-12-24-17-14-19(23-22)21(25-13-7-5-2)20(15-17)26-18-10-8-16(3)9-11-18;/h8-11,14-15H,4-7,12-13H2,1-3H3;1H/q+1;/p-1. The first-order chi connectivity index (χ1) is 12.7. The van der Waals surface area contributed by atoms with E-state index in [1.165, 1.54) is 5.56 Å². The van der Waals surface area contributed by atoms with Gasteiger partial charge in [0.2, 0.25) is 11.1 Å². The second-order valence-corrected chi connectivity index (χ2v) is 7.30. The van der Waals surface area contributed by atoms with Crippen LogP contribution in [-0.4, -0.2) is 13.2 Å². The predicted octanol–water partition coefficient (Wildman–Crippen LogP) is 3.99. The zero-order valence-corrected chi connectivity index (χ0v) is 17.8. The van der Waals surface area contributed by atoms with Crippen molar-refractivity contribution in [3.05, 3.63) is 46.9 Å². The van der Waals surface area contributed by atoms with E-state index in [-0.39, 0.29) is 12.4 Å². The Balaban J connectivity index is 0.00000364. The van der Waals surface area contributed by atoms with Gasteiger partial charge in [0.25, 0.3) is 0 Å². The molecule has 0 bridgehead atoms. The second-order valence-electron chi connectivity index (χ2n) is 6.19. The fourth-order valence-electron chi connectivity index (χ4n) is 2.33. The van der Waals surface area contributed by atoms with Crippen LogP contribution in [0, 0.1) is 12.3 Å². The molecular formula is C21H27ClN2O2S. The van der Waals surface area contributed by atoms with Gasteiger partial charge in [0.15, 0.2) is 4.98 Å². The first kappa shape index (κ1) is 23.1. The predicted molar refractivity (Wildman–Crippen MR) is 107 cm³/mol. The number of nitrogens with zero attached hydrogens (tertiary/aromatic N) is 2. The maximum atomic E-state index is 9.48. The van der Waals surface area contributed by atoms with Gasteiger partial charge in [-0.05, 0) is 38.0 Å². The lowest BCUT2D eigenvalue weighted by Gasteiger charge is -2.12. The Morgan fingerprint density at radius 2 is 1.59 bits per heavy atom. The monoisotopic (exact) mass is 406 g/mol. The molecule has 2 rings (SSSR count). The van der Waals surface area contributed by atoms with Gasteiger partial charge >= 0.3 is 5.69 Å².